The molecular weight excluding hydrogens is 537 g/mol. The van der Waals surface area contributed by atoms with Gasteiger partial charge in [-0.2, -0.15) is 5.10 Å². The predicted molar refractivity (Wildman–Crippen MR) is 132 cm³/mol. The summed E-state index contributed by atoms with van der Waals surface area (Å²) in [5.74, 6) is -4.98. The maximum Gasteiger partial charge on any atom is 0.404 e. The molecular formula is C24H25F3N8O5. The number of hydrogen-bond acceptors (Lipinski definition) is 8. The number of carboxylic acid groups (broad SMARTS) is 1. The molecule has 4 heterocycles. The lowest BCUT2D eigenvalue weighted by molar-refractivity contribution is -0.159. The molecule has 0 spiro atoms. The molecule has 3 amide bonds. The smallest absolute Gasteiger partial charge is 0.404 e. The van der Waals surface area contributed by atoms with Crippen molar-refractivity contribution in [2.75, 3.05) is 25.9 Å². The lowest BCUT2D eigenvalue weighted by atomic mass is 9.80. The number of hydrogen-bond donors (Lipinski definition) is 4. The van der Waals surface area contributed by atoms with Gasteiger partial charge in [-0.25, -0.2) is 32.4 Å². The van der Waals surface area contributed by atoms with Crippen LogP contribution in [0.2, 0.25) is 0 Å². The van der Waals surface area contributed by atoms with E-state index in [1.165, 1.54) is 30.2 Å². The van der Waals surface area contributed by atoms with E-state index < -0.39 is 54.8 Å². The van der Waals surface area contributed by atoms with E-state index in [-0.39, 0.29) is 36.9 Å². The van der Waals surface area contributed by atoms with Gasteiger partial charge in [0, 0.05) is 49.2 Å². The molecule has 1 saturated heterocycles. The number of methoxy groups -OCH3 is 1. The van der Waals surface area contributed by atoms with Gasteiger partial charge in [-0.05, 0) is 12.1 Å². The normalized spacial score (nSPS) is 20.2. The standard InChI is InChI=1S/C24H25F3N8O5/c1-40-21-14(20(36)33-16-9-34(8-15(16)25)22(37)13-4-24(26,27)5-13)2-11(6-29-21)17-3-12(7-30-23(38)39)18-19(28)31-10-32-35(17)18/h2-3,6,10,13,15-16,30H,4-5,7-9H2,1H3,(H,33,36)(H,38,39)(H2,28,31,32)/t15-,16+/m0/s1. The third-order valence-electron chi connectivity index (χ3n) is 6.99. The molecule has 0 unspecified atom stereocenters. The largest absolute Gasteiger partial charge is 0.480 e. The van der Waals surface area contributed by atoms with Gasteiger partial charge < -0.3 is 31.1 Å². The topological polar surface area (TPSA) is 177 Å². The molecule has 212 valence electrons. The highest BCUT2D eigenvalue weighted by Crippen LogP contribution is 2.43. The number of anilines is 1. The first-order valence-electron chi connectivity index (χ1n) is 12.2. The number of halogens is 3. The molecule has 5 N–H and O–H groups in total. The number of carbonyl (C=O) groups excluding carboxylic acids is 2. The van der Waals surface area contributed by atoms with Crippen molar-refractivity contribution in [2.24, 2.45) is 5.92 Å². The van der Waals surface area contributed by atoms with Crippen molar-refractivity contribution in [2.45, 2.75) is 37.5 Å². The van der Waals surface area contributed by atoms with Crippen LogP contribution in [0.15, 0.2) is 24.7 Å². The molecule has 1 aliphatic carbocycles. The molecule has 2 fully saturated rings. The number of carbonyl (C=O) groups is 3. The van der Waals surface area contributed by atoms with Crippen LogP contribution in [-0.2, 0) is 11.3 Å². The van der Waals surface area contributed by atoms with Gasteiger partial charge in [0.15, 0.2) is 5.82 Å². The van der Waals surface area contributed by atoms with Crippen LogP contribution in [0.25, 0.3) is 16.8 Å². The van der Waals surface area contributed by atoms with Gasteiger partial charge in [0.25, 0.3) is 5.91 Å². The Morgan fingerprint density at radius 2 is 1.98 bits per heavy atom. The zero-order valence-electron chi connectivity index (χ0n) is 21.1. The number of fused-ring (bicyclic) bond motifs is 1. The Morgan fingerprint density at radius 3 is 2.65 bits per heavy atom. The van der Waals surface area contributed by atoms with E-state index in [2.05, 4.69) is 25.7 Å². The van der Waals surface area contributed by atoms with Gasteiger partial charge in [0.05, 0.1) is 25.4 Å². The number of nitrogen functional groups attached to an aromatic ring is 1. The number of pyridine rings is 1. The van der Waals surface area contributed by atoms with Crippen LogP contribution in [0.3, 0.4) is 0 Å². The highest BCUT2D eigenvalue weighted by atomic mass is 19.3. The van der Waals surface area contributed by atoms with Crippen molar-refractivity contribution >= 4 is 29.2 Å². The van der Waals surface area contributed by atoms with Crippen LogP contribution in [0.1, 0.15) is 28.8 Å². The number of likely N-dealkylation sites (tertiary alicyclic amines) is 1. The minimum Gasteiger partial charge on any atom is -0.480 e. The Hall–Kier alpha value is -4.63. The number of amides is 3. The number of nitrogens with one attached hydrogen (secondary N) is 2. The first-order valence-corrected chi connectivity index (χ1v) is 12.2. The van der Waals surface area contributed by atoms with Crippen LogP contribution in [0, 0.1) is 5.92 Å². The number of nitrogens with zero attached hydrogens (tertiary/aromatic N) is 5. The average Bonchev–Trinajstić information content (AvgIpc) is 3.46. The zero-order valence-corrected chi connectivity index (χ0v) is 21.1. The van der Waals surface area contributed by atoms with Gasteiger partial charge in [-0.15, -0.1) is 0 Å². The first kappa shape index (κ1) is 27.0. The van der Waals surface area contributed by atoms with Gasteiger partial charge in [0.2, 0.25) is 17.7 Å². The molecule has 16 heteroatoms. The molecule has 0 radical (unpaired) electrons. The summed E-state index contributed by atoms with van der Waals surface area (Å²) >= 11 is 0. The molecule has 1 saturated carbocycles. The SMILES string of the molecule is COc1ncc(-c2cc(CNC(=O)O)c3c(N)ncnn23)cc1C(=O)N[C@@H]1CN(C(=O)C2CC(F)(F)C2)C[C@@H]1F. The summed E-state index contributed by atoms with van der Waals surface area (Å²) < 4.78 is 47.8. The molecule has 40 heavy (non-hydrogen) atoms. The molecule has 5 rings (SSSR count). The number of alkyl halides is 3. The van der Waals surface area contributed by atoms with E-state index >= 15 is 0 Å². The third-order valence-corrected chi connectivity index (χ3v) is 6.99. The Bertz CT molecular complexity index is 1490. The summed E-state index contributed by atoms with van der Waals surface area (Å²) in [7, 11) is 1.30. The second kappa shape index (κ2) is 10.2. The molecule has 2 aliphatic rings. The molecule has 2 atom stereocenters. The Labute approximate surface area is 224 Å². The molecule has 13 nitrogen and oxygen atoms in total. The second-order valence-corrected chi connectivity index (χ2v) is 9.70. The van der Waals surface area contributed by atoms with Crippen LogP contribution in [-0.4, -0.2) is 85.8 Å². The monoisotopic (exact) mass is 562 g/mol. The fraction of sp³-hybridized carbons (Fsp3) is 0.417. The minimum absolute atomic E-state index is 0.0437. The maximum absolute atomic E-state index is 14.8. The van der Waals surface area contributed by atoms with Crippen molar-refractivity contribution in [1.82, 2.24) is 35.1 Å². The van der Waals surface area contributed by atoms with E-state index in [1.54, 1.807) is 6.07 Å². The summed E-state index contributed by atoms with van der Waals surface area (Å²) in [6.07, 6.45) is -1.36. The minimum atomic E-state index is -2.88. The van der Waals surface area contributed by atoms with Gasteiger partial charge in [-0.1, -0.05) is 0 Å². The molecule has 3 aromatic heterocycles. The lowest BCUT2D eigenvalue weighted by Crippen LogP contribution is -2.47. The lowest BCUT2D eigenvalue weighted by Gasteiger charge is -2.36. The van der Waals surface area contributed by atoms with E-state index in [0.29, 0.717) is 22.3 Å². The van der Waals surface area contributed by atoms with E-state index in [1.807, 2.05) is 0 Å². The number of nitrogens with two attached hydrogens (primary N) is 1. The van der Waals surface area contributed by atoms with Gasteiger partial charge in [0.1, 0.15) is 23.6 Å². The van der Waals surface area contributed by atoms with E-state index in [9.17, 15) is 27.6 Å². The van der Waals surface area contributed by atoms with Gasteiger partial charge in [-0.3, -0.25) is 9.59 Å². The quantitative estimate of drug-likeness (QED) is 0.332. The van der Waals surface area contributed by atoms with Gasteiger partial charge >= 0.3 is 6.09 Å². The van der Waals surface area contributed by atoms with Crippen LogP contribution in [0.4, 0.5) is 23.8 Å². The summed E-state index contributed by atoms with van der Waals surface area (Å²) in [6, 6.07) is 1.99. The highest BCUT2D eigenvalue weighted by Gasteiger charge is 2.51. The van der Waals surface area contributed by atoms with Crippen molar-refractivity contribution in [1.29, 1.82) is 0 Å². The van der Waals surface area contributed by atoms with Crippen LogP contribution < -0.4 is 21.1 Å². The fourth-order valence-electron chi connectivity index (χ4n) is 4.99. The third kappa shape index (κ3) is 5.03. The number of aromatic nitrogens is 4. The van der Waals surface area contributed by atoms with E-state index in [4.69, 9.17) is 15.6 Å². The van der Waals surface area contributed by atoms with E-state index in [0.717, 1.165) is 4.90 Å². The Kier molecular flexibility index (Phi) is 6.85. The van der Waals surface area contributed by atoms with Crippen molar-refractivity contribution < 1.29 is 37.4 Å². The summed E-state index contributed by atoms with van der Waals surface area (Å²) in [5, 5.41) is 18.0. The Balaban J connectivity index is 1.39. The van der Waals surface area contributed by atoms with Crippen LogP contribution in [0.5, 0.6) is 5.88 Å². The average molecular weight is 563 g/mol. The number of rotatable bonds is 7. The molecule has 3 aromatic rings. The molecule has 0 bridgehead atoms. The van der Waals surface area contributed by atoms with Crippen molar-refractivity contribution in [3.05, 3.63) is 35.8 Å². The summed E-state index contributed by atoms with van der Waals surface area (Å²) in [4.78, 5) is 46.1. The Morgan fingerprint density at radius 1 is 1.23 bits per heavy atom. The summed E-state index contributed by atoms with van der Waals surface area (Å²) in [5.41, 5.74) is 7.59. The predicted octanol–water partition coefficient (Wildman–Crippen LogP) is 1.47. The highest BCUT2D eigenvalue weighted by molar-refractivity contribution is 5.98. The molecule has 0 aromatic carbocycles. The van der Waals surface area contributed by atoms with Crippen LogP contribution >= 0.6 is 0 Å². The second-order valence-electron chi connectivity index (χ2n) is 9.70. The number of ether oxygens (including phenoxy) is 1. The fourth-order valence-corrected chi connectivity index (χ4v) is 4.99. The molecule has 1 aliphatic heterocycles. The maximum atomic E-state index is 14.8. The van der Waals surface area contributed by atoms with Crippen molar-refractivity contribution in [3.8, 4) is 17.1 Å². The summed E-state index contributed by atoms with van der Waals surface area (Å²) in [6.45, 7) is -0.574. The van der Waals surface area contributed by atoms with Crippen molar-refractivity contribution in [3.63, 3.8) is 0 Å². The first-order chi connectivity index (χ1) is 19.0. The zero-order chi connectivity index (χ0) is 28.8.